The average molecular weight is 428 g/mol. The lowest BCUT2D eigenvalue weighted by Crippen LogP contribution is -2.43. The second kappa shape index (κ2) is 9.87. The third-order valence-electron chi connectivity index (χ3n) is 2.42. The summed E-state index contributed by atoms with van der Waals surface area (Å²) in [6, 6.07) is 3.21. The molecular formula is C13H19BrFN3O5S. The van der Waals surface area contributed by atoms with Crippen LogP contribution < -0.4 is 4.72 Å². The van der Waals surface area contributed by atoms with Gasteiger partial charge in [0, 0.05) is 25.7 Å². The van der Waals surface area contributed by atoms with Crippen LogP contribution in [0.15, 0.2) is 22.7 Å². The van der Waals surface area contributed by atoms with Gasteiger partial charge in [-0.05, 0) is 44.5 Å². The van der Waals surface area contributed by atoms with Crippen LogP contribution in [0.4, 0.5) is 4.39 Å². The van der Waals surface area contributed by atoms with Gasteiger partial charge in [-0.25, -0.2) is 4.39 Å². The van der Waals surface area contributed by atoms with Gasteiger partial charge in [-0.1, -0.05) is 15.9 Å². The van der Waals surface area contributed by atoms with E-state index in [2.05, 4.69) is 20.7 Å². The number of benzene rings is 1. The third kappa shape index (κ3) is 9.75. The standard InChI is InChI=1S/C12H16BrFN2O3S.CH3NO2/c1-12(2,3)20(19)15-11(7-16(17)18)8-4-9(13)6-10(14)5-8;1-2(3)4/h4-6,11,15H,7H2,1-3H3;1H3/t11-,20?;/m1./s1. The minimum absolute atomic E-state index is 0.381. The summed E-state index contributed by atoms with van der Waals surface area (Å²) < 4.78 is 28.1. The molecule has 136 valence electrons. The normalized spacial score (nSPS) is 13.5. The van der Waals surface area contributed by atoms with E-state index >= 15 is 0 Å². The highest BCUT2D eigenvalue weighted by Gasteiger charge is 2.32. The van der Waals surface area contributed by atoms with Crippen molar-refractivity contribution < 1.29 is 18.8 Å². The van der Waals surface area contributed by atoms with Crippen molar-refractivity contribution in [3.63, 3.8) is 0 Å². The molecule has 0 saturated carbocycles. The Morgan fingerprint density at radius 1 is 1.29 bits per heavy atom. The van der Waals surface area contributed by atoms with Crippen molar-refractivity contribution in [1.82, 2.24) is 4.72 Å². The molecule has 0 amide bonds. The SMILES string of the molecule is CC(C)(C)[S+]([O-])N[C@H](C[N+](=O)[O-])c1cc(F)cc(Br)c1.C[N+](=O)[O-]. The molecule has 0 aliphatic carbocycles. The van der Waals surface area contributed by atoms with Gasteiger partial charge in [0.2, 0.25) is 6.54 Å². The Balaban J connectivity index is 0.00000118. The molecule has 1 rings (SSSR count). The molecule has 0 aromatic heterocycles. The number of nitro groups is 2. The molecule has 1 aromatic carbocycles. The molecule has 0 radical (unpaired) electrons. The summed E-state index contributed by atoms with van der Waals surface area (Å²) in [5, 5.41) is 19.6. The Morgan fingerprint density at radius 2 is 1.79 bits per heavy atom. The molecule has 0 spiro atoms. The van der Waals surface area contributed by atoms with Crippen LogP contribution in [0.1, 0.15) is 32.4 Å². The Kier molecular flexibility index (Phi) is 9.33. The van der Waals surface area contributed by atoms with Crippen LogP contribution >= 0.6 is 15.9 Å². The maximum atomic E-state index is 13.4. The van der Waals surface area contributed by atoms with E-state index in [9.17, 15) is 19.1 Å². The molecule has 1 unspecified atom stereocenters. The summed E-state index contributed by atoms with van der Waals surface area (Å²) in [5.74, 6) is -0.508. The Morgan fingerprint density at radius 3 is 2.17 bits per heavy atom. The van der Waals surface area contributed by atoms with Gasteiger partial charge in [0.15, 0.2) is 7.05 Å². The first-order valence-corrected chi connectivity index (χ1v) is 8.61. The van der Waals surface area contributed by atoms with E-state index in [0.717, 1.165) is 7.05 Å². The molecule has 24 heavy (non-hydrogen) atoms. The molecule has 0 aliphatic rings. The third-order valence-corrected chi connectivity index (χ3v) is 4.49. The van der Waals surface area contributed by atoms with Crippen molar-refractivity contribution in [2.45, 2.75) is 31.6 Å². The maximum absolute atomic E-state index is 13.4. The van der Waals surface area contributed by atoms with Crippen molar-refractivity contribution in [3.05, 3.63) is 54.3 Å². The molecule has 11 heteroatoms. The first-order chi connectivity index (χ1) is 10.8. The van der Waals surface area contributed by atoms with Gasteiger partial charge in [0.25, 0.3) is 0 Å². The molecule has 0 aliphatic heterocycles. The predicted molar refractivity (Wildman–Crippen MR) is 92.7 cm³/mol. The predicted octanol–water partition coefficient (Wildman–Crippen LogP) is 2.85. The minimum Gasteiger partial charge on any atom is -0.598 e. The van der Waals surface area contributed by atoms with Crippen molar-refractivity contribution >= 4 is 27.3 Å². The quantitative estimate of drug-likeness (QED) is 0.437. The fourth-order valence-corrected chi connectivity index (χ4v) is 2.75. The van der Waals surface area contributed by atoms with Crippen LogP contribution in [0.3, 0.4) is 0 Å². The fourth-order valence-electron chi connectivity index (χ4n) is 1.44. The molecule has 1 N–H and O–H groups in total. The number of halogens is 2. The van der Waals surface area contributed by atoms with E-state index in [1.165, 1.54) is 12.1 Å². The highest BCUT2D eigenvalue weighted by atomic mass is 79.9. The van der Waals surface area contributed by atoms with Gasteiger partial charge in [-0.15, -0.1) is 4.72 Å². The number of nitrogens with zero attached hydrogens (tertiary/aromatic N) is 2. The molecule has 0 heterocycles. The van der Waals surface area contributed by atoms with Crippen LogP contribution in [0.5, 0.6) is 0 Å². The average Bonchev–Trinajstić information content (AvgIpc) is 2.34. The van der Waals surface area contributed by atoms with Crippen LogP contribution in [0, 0.1) is 26.0 Å². The van der Waals surface area contributed by atoms with E-state index in [0.29, 0.717) is 10.0 Å². The first-order valence-electron chi connectivity index (χ1n) is 6.66. The minimum atomic E-state index is -1.49. The van der Waals surface area contributed by atoms with E-state index in [4.69, 9.17) is 10.1 Å². The van der Waals surface area contributed by atoms with Crippen molar-refractivity contribution in [3.8, 4) is 0 Å². The highest BCUT2D eigenvalue weighted by molar-refractivity contribution is 9.10. The van der Waals surface area contributed by atoms with Crippen LogP contribution in [0.2, 0.25) is 0 Å². The molecule has 0 bridgehead atoms. The van der Waals surface area contributed by atoms with Gasteiger partial charge in [-0.3, -0.25) is 20.2 Å². The summed E-state index contributed by atoms with van der Waals surface area (Å²) in [6.45, 7) is 4.78. The summed E-state index contributed by atoms with van der Waals surface area (Å²) in [7, 11) is 0.889. The fraction of sp³-hybridized carbons (Fsp3) is 0.538. The zero-order valence-electron chi connectivity index (χ0n) is 13.6. The Hall–Kier alpha value is -1.30. The topological polar surface area (TPSA) is 121 Å². The second-order valence-corrected chi connectivity index (χ2v) is 8.62. The Labute approximate surface area is 150 Å². The summed E-state index contributed by atoms with van der Waals surface area (Å²) in [4.78, 5) is 18.5. The van der Waals surface area contributed by atoms with Crippen LogP contribution in [-0.2, 0) is 11.4 Å². The monoisotopic (exact) mass is 427 g/mol. The molecular weight excluding hydrogens is 409 g/mol. The number of rotatable bonds is 5. The number of hydrogen-bond donors (Lipinski definition) is 1. The lowest BCUT2D eigenvalue weighted by molar-refractivity contribution is -0.483. The molecule has 2 atom stereocenters. The molecule has 1 aromatic rings. The smallest absolute Gasteiger partial charge is 0.227 e. The highest BCUT2D eigenvalue weighted by Crippen LogP contribution is 2.24. The second-order valence-electron chi connectivity index (χ2n) is 5.71. The Bertz CT molecular complexity index is 561. The van der Waals surface area contributed by atoms with Crippen LogP contribution in [-0.4, -0.2) is 32.7 Å². The lowest BCUT2D eigenvalue weighted by atomic mass is 10.1. The summed E-state index contributed by atoms with van der Waals surface area (Å²) >= 11 is 1.65. The zero-order chi connectivity index (χ0) is 19.1. The maximum Gasteiger partial charge on any atom is 0.227 e. The van der Waals surface area contributed by atoms with Gasteiger partial charge in [0.05, 0.1) is 0 Å². The van der Waals surface area contributed by atoms with Gasteiger partial charge < -0.3 is 4.55 Å². The largest absolute Gasteiger partial charge is 0.598 e. The van der Waals surface area contributed by atoms with E-state index in [1.807, 2.05) is 0 Å². The van der Waals surface area contributed by atoms with Gasteiger partial charge in [-0.2, -0.15) is 0 Å². The van der Waals surface area contributed by atoms with E-state index in [1.54, 1.807) is 26.8 Å². The number of hydrogen-bond acceptors (Lipinski definition) is 6. The lowest BCUT2D eigenvalue weighted by Gasteiger charge is -2.26. The van der Waals surface area contributed by atoms with Crippen molar-refractivity contribution in [2.24, 2.45) is 0 Å². The van der Waals surface area contributed by atoms with E-state index < -0.39 is 44.4 Å². The zero-order valence-corrected chi connectivity index (χ0v) is 16.0. The molecule has 0 saturated heterocycles. The first kappa shape index (κ1) is 22.7. The van der Waals surface area contributed by atoms with Crippen LogP contribution in [0.25, 0.3) is 0 Å². The molecule has 8 nitrogen and oxygen atoms in total. The van der Waals surface area contributed by atoms with E-state index in [-0.39, 0.29) is 0 Å². The molecule has 0 fully saturated rings. The van der Waals surface area contributed by atoms with Gasteiger partial charge in [0.1, 0.15) is 16.6 Å². The number of nitrogens with one attached hydrogen (secondary N) is 1. The van der Waals surface area contributed by atoms with Crippen molar-refractivity contribution in [1.29, 1.82) is 0 Å². The summed E-state index contributed by atoms with van der Waals surface area (Å²) in [5.41, 5.74) is 0.381. The van der Waals surface area contributed by atoms with Crippen molar-refractivity contribution in [2.75, 3.05) is 13.6 Å². The summed E-state index contributed by atoms with van der Waals surface area (Å²) in [6.07, 6.45) is 0. The van der Waals surface area contributed by atoms with Gasteiger partial charge >= 0.3 is 0 Å².